The Morgan fingerprint density at radius 3 is 2.64 bits per heavy atom. The van der Waals surface area contributed by atoms with Gasteiger partial charge in [0.15, 0.2) is 0 Å². The molecular weight excluding hydrogens is 328 g/mol. The third-order valence-corrected chi connectivity index (χ3v) is 3.78. The van der Waals surface area contributed by atoms with Crippen LogP contribution in [0.15, 0.2) is 29.5 Å². The zero-order chi connectivity index (χ0) is 18.7. The van der Waals surface area contributed by atoms with Crippen molar-refractivity contribution in [2.24, 2.45) is 0 Å². The van der Waals surface area contributed by atoms with Crippen LogP contribution in [-0.4, -0.2) is 37.6 Å². The number of amides is 2. The number of rotatable bonds is 5. The summed E-state index contributed by atoms with van der Waals surface area (Å²) in [6.45, 7) is 3.44. The van der Waals surface area contributed by atoms with Gasteiger partial charge in [-0.25, -0.2) is 9.59 Å². The van der Waals surface area contributed by atoms with Crippen molar-refractivity contribution in [3.8, 4) is 0 Å². The maximum atomic E-state index is 12.3. The Morgan fingerprint density at radius 2 is 2.08 bits per heavy atom. The zero-order valence-corrected chi connectivity index (χ0v) is 14.5. The van der Waals surface area contributed by atoms with Gasteiger partial charge in [-0.05, 0) is 25.5 Å². The van der Waals surface area contributed by atoms with Gasteiger partial charge in [0.05, 0.1) is 23.1 Å². The van der Waals surface area contributed by atoms with Gasteiger partial charge in [0.2, 0.25) is 0 Å². The first kappa shape index (κ1) is 18.2. The minimum absolute atomic E-state index is 0.115. The number of allylic oxidation sites excluding steroid dienone is 1. The maximum absolute atomic E-state index is 12.3. The van der Waals surface area contributed by atoms with Crippen LogP contribution in [0.2, 0.25) is 0 Å². The normalized spacial score (nSPS) is 16.8. The number of anilines is 1. The summed E-state index contributed by atoms with van der Waals surface area (Å²) in [5, 5.41) is 16.5. The van der Waals surface area contributed by atoms with Crippen LogP contribution >= 0.6 is 0 Å². The molecule has 1 aromatic rings. The molecule has 25 heavy (non-hydrogen) atoms. The summed E-state index contributed by atoms with van der Waals surface area (Å²) in [4.78, 5) is 36.6. The molecule has 0 aliphatic carbocycles. The number of ether oxygens (including phenoxy) is 1. The minimum Gasteiger partial charge on any atom is -0.463 e. The molecule has 1 atom stereocenters. The maximum Gasteiger partial charge on any atom is 0.338 e. The van der Waals surface area contributed by atoms with Crippen molar-refractivity contribution < 1.29 is 19.2 Å². The number of nitrogens with one attached hydrogen (secondary N) is 2. The third kappa shape index (κ3) is 3.70. The highest BCUT2D eigenvalue weighted by Crippen LogP contribution is 2.34. The van der Waals surface area contributed by atoms with E-state index in [1.165, 1.54) is 6.07 Å². The predicted octanol–water partition coefficient (Wildman–Crippen LogP) is 1.85. The summed E-state index contributed by atoms with van der Waals surface area (Å²) in [6, 6.07) is 3.26. The van der Waals surface area contributed by atoms with Crippen molar-refractivity contribution >= 4 is 23.4 Å². The lowest BCUT2D eigenvalue weighted by atomic mass is 9.95. The Hall–Kier alpha value is -3.10. The van der Waals surface area contributed by atoms with E-state index in [-0.39, 0.29) is 17.9 Å². The molecule has 1 aliphatic heterocycles. The molecule has 0 saturated carbocycles. The van der Waals surface area contributed by atoms with E-state index >= 15 is 0 Å². The molecule has 2 amide bonds. The molecule has 2 N–H and O–H groups in total. The number of hydrogen-bond donors (Lipinski definition) is 2. The van der Waals surface area contributed by atoms with Gasteiger partial charge in [-0.15, -0.1) is 0 Å². The van der Waals surface area contributed by atoms with Gasteiger partial charge in [-0.2, -0.15) is 0 Å². The Morgan fingerprint density at radius 1 is 1.40 bits per heavy atom. The van der Waals surface area contributed by atoms with Gasteiger partial charge in [0.25, 0.3) is 5.69 Å². The summed E-state index contributed by atoms with van der Waals surface area (Å²) in [5.41, 5.74) is 1.30. The molecular formula is C16H20N4O5. The van der Waals surface area contributed by atoms with Crippen LogP contribution < -0.4 is 15.5 Å². The number of hydrogen-bond acceptors (Lipinski definition) is 6. The Kier molecular flexibility index (Phi) is 5.26. The molecule has 9 nitrogen and oxygen atoms in total. The van der Waals surface area contributed by atoms with E-state index in [9.17, 15) is 19.7 Å². The lowest BCUT2D eigenvalue weighted by molar-refractivity contribution is -0.384. The second-order valence-electron chi connectivity index (χ2n) is 5.69. The van der Waals surface area contributed by atoms with E-state index in [2.05, 4.69) is 10.6 Å². The van der Waals surface area contributed by atoms with E-state index in [1.807, 2.05) is 0 Å². The van der Waals surface area contributed by atoms with Gasteiger partial charge >= 0.3 is 12.0 Å². The van der Waals surface area contributed by atoms with Gasteiger partial charge in [0.1, 0.15) is 5.69 Å². The molecule has 0 aromatic heterocycles. The molecule has 0 bridgehead atoms. The molecule has 0 spiro atoms. The Balaban J connectivity index is 2.55. The lowest BCUT2D eigenvalue weighted by Gasteiger charge is -2.28. The fraction of sp³-hybridized carbons (Fsp3) is 0.375. The van der Waals surface area contributed by atoms with Gasteiger partial charge in [-0.1, -0.05) is 6.07 Å². The molecule has 2 rings (SSSR count). The smallest absolute Gasteiger partial charge is 0.338 e. The van der Waals surface area contributed by atoms with Crippen LogP contribution in [-0.2, 0) is 9.53 Å². The number of benzene rings is 1. The van der Waals surface area contributed by atoms with E-state index in [1.54, 1.807) is 45.0 Å². The number of urea groups is 1. The fourth-order valence-corrected chi connectivity index (χ4v) is 2.67. The van der Waals surface area contributed by atoms with Crippen LogP contribution in [0, 0.1) is 10.1 Å². The van der Waals surface area contributed by atoms with Crippen LogP contribution in [0.1, 0.15) is 25.5 Å². The van der Waals surface area contributed by atoms with E-state index in [0.717, 1.165) is 0 Å². The van der Waals surface area contributed by atoms with Crippen LogP contribution in [0.4, 0.5) is 16.2 Å². The molecule has 0 saturated heterocycles. The van der Waals surface area contributed by atoms with Crippen molar-refractivity contribution in [3.63, 3.8) is 0 Å². The molecule has 1 heterocycles. The summed E-state index contributed by atoms with van der Waals surface area (Å²) < 4.78 is 5.05. The number of nitro groups is 1. The number of carbonyl (C=O) groups excluding carboxylic acids is 2. The summed E-state index contributed by atoms with van der Waals surface area (Å²) >= 11 is 0. The zero-order valence-electron chi connectivity index (χ0n) is 14.5. The predicted molar refractivity (Wildman–Crippen MR) is 91.2 cm³/mol. The fourth-order valence-electron chi connectivity index (χ4n) is 2.67. The number of carbonyl (C=O) groups is 2. The molecule has 1 unspecified atom stereocenters. The molecule has 9 heteroatoms. The molecule has 0 radical (unpaired) electrons. The number of esters is 1. The molecule has 1 aliphatic rings. The quantitative estimate of drug-likeness (QED) is 0.477. The third-order valence-electron chi connectivity index (χ3n) is 3.78. The van der Waals surface area contributed by atoms with Crippen molar-refractivity contribution in [2.45, 2.75) is 19.9 Å². The molecule has 134 valence electrons. The largest absolute Gasteiger partial charge is 0.463 e. The highest BCUT2D eigenvalue weighted by atomic mass is 16.6. The highest BCUT2D eigenvalue weighted by molar-refractivity contribution is 5.95. The Labute approximate surface area is 144 Å². The van der Waals surface area contributed by atoms with Crippen molar-refractivity contribution in [2.75, 3.05) is 25.6 Å². The topological polar surface area (TPSA) is 114 Å². The average molecular weight is 348 g/mol. The number of nitrogens with zero attached hydrogens (tertiary/aromatic N) is 2. The van der Waals surface area contributed by atoms with E-state index < -0.39 is 23.0 Å². The second-order valence-corrected chi connectivity index (χ2v) is 5.69. The van der Waals surface area contributed by atoms with Crippen molar-refractivity contribution in [1.82, 2.24) is 10.6 Å². The average Bonchev–Trinajstić information content (AvgIpc) is 2.53. The van der Waals surface area contributed by atoms with Crippen LogP contribution in [0.5, 0.6) is 0 Å². The summed E-state index contributed by atoms with van der Waals surface area (Å²) in [6.07, 6.45) is 0. The SMILES string of the molecule is CCOC(=O)C1=C(C)NC(=O)NC1c1ccc(N(C)C)c([N+](=O)[O-])c1. The van der Waals surface area contributed by atoms with Gasteiger partial charge in [0, 0.05) is 25.9 Å². The Bertz CT molecular complexity index is 757. The first-order valence-corrected chi connectivity index (χ1v) is 7.67. The number of nitro benzene ring substituents is 1. The van der Waals surface area contributed by atoms with Crippen molar-refractivity contribution in [3.05, 3.63) is 45.1 Å². The van der Waals surface area contributed by atoms with Gasteiger partial charge in [-0.3, -0.25) is 10.1 Å². The van der Waals surface area contributed by atoms with Crippen LogP contribution in [0.25, 0.3) is 0 Å². The van der Waals surface area contributed by atoms with Gasteiger partial charge < -0.3 is 20.3 Å². The highest BCUT2D eigenvalue weighted by Gasteiger charge is 2.33. The van der Waals surface area contributed by atoms with Crippen LogP contribution in [0.3, 0.4) is 0 Å². The standard InChI is InChI=1S/C16H20N4O5/c1-5-25-15(21)13-9(2)17-16(22)18-14(13)10-6-7-11(19(3)4)12(8-10)20(23)24/h6-8,14H,5H2,1-4H3,(H2,17,18,22). The minimum atomic E-state index is -0.831. The van der Waals surface area contributed by atoms with E-state index in [4.69, 9.17) is 4.74 Å². The van der Waals surface area contributed by atoms with Crippen molar-refractivity contribution in [1.29, 1.82) is 0 Å². The monoisotopic (exact) mass is 348 g/mol. The molecule has 1 aromatic carbocycles. The second kappa shape index (κ2) is 7.20. The first-order valence-electron chi connectivity index (χ1n) is 7.67. The van der Waals surface area contributed by atoms with E-state index in [0.29, 0.717) is 16.9 Å². The first-order chi connectivity index (χ1) is 11.8. The molecule has 0 fully saturated rings. The summed E-state index contributed by atoms with van der Waals surface area (Å²) in [5.74, 6) is -0.586. The lowest BCUT2D eigenvalue weighted by Crippen LogP contribution is -2.45. The summed E-state index contributed by atoms with van der Waals surface area (Å²) in [7, 11) is 3.39.